The van der Waals surface area contributed by atoms with E-state index >= 15 is 0 Å². The second-order valence-electron chi connectivity index (χ2n) is 5.40. The third-order valence-electron chi connectivity index (χ3n) is 3.92. The minimum atomic E-state index is -4.68. The van der Waals surface area contributed by atoms with Crippen molar-refractivity contribution in [3.05, 3.63) is 16.4 Å². The van der Waals surface area contributed by atoms with Gasteiger partial charge in [-0.25, -0.2) is 0 Å². The molecule has 2 rings (SSSR count). The molecule has 10 heteroatoms. The van der Waals surface area contributed by atoms with Crippen LogP contribution in [0.1, 0.15) is 24.2 Å². The van der Waals surface area contributed by atoms with Crippen LogP contribution >= 0.6 is 11.6 Å². The first kappa shape index (κ1) is 17.6. The fraction of sp³-hybridized carbons (Fsp3) is 0.615. The molecule has 0 N–H and O–H groups in total. The number of aromatic nitrogens is 2. The molecule has 1 fully saturated rings. The van der Waals surface area contributed by atoms with Crippen LogP contribution in [0.25, 0.3) is 0 Å². The molecule has 0 unspecified atom stereocenters. The van der Waals surface area contributed by atoms with Gasteiger partial charge in [0.05, 0.1) is 10.7 Å². The Morgan fingerprint density at radius 1 is 1.35 bits per heavy atom. The molecule has 0 bridgehead atoms. The van der Waals surface area contributed by atoms with Gasteiger partial charge in [0.2, 0.25) is 0 Å². The standard InChI is InChI=1S/C13H15ClF3N3O3/c1-7-10(14)11(13(15,16)17)18-20(7)6-9(21)8-2-4-19(5-3-8)12(22)23/h8H,2-6H2,1H3,(H,22,23)/p-1. The van der Waals surface area contributed by atoms with Gasteiger partial charge in [0.1, 0.15) is 12.6 Å². The largest absolute Gasteiger partial charge is 0.530 e. The Labute approximate surface area is 134 Å². The first-order valence-electron chi connectivity index (χ1n) is 6.90. The van der Waals surface area contributed by atoms with Crippen molar-refractivity contribution in [3.8, 4) is 0 Å². The van der Waals surface area contributed by atoms with Crippen molar-refractivity contribution >= 4 is 23.5 Å². The second kappa shape index (κ2) is 6.38. The van der Waals surface area contributed by atoms with Crippen molar-refractivity contribution < 1.29 is 27.9 Å². The number of amides is 1. The van der Waals surface area contributed by atoms with Crippen LogP contribution in [0.3, 0.4) is 0 Å². The highest BCUT2D eigenvalue weighted by molar-refractivity contribution is 6.32. The van der Waals surface area contributed by atoms with Crippen LogP contribution in [0.4, 0.5) is 18.0 Å². The lowest BCUT2D eigenvalue weighted by atomic mass is 9.92. The molecule has 0 aromatic carbocycles. The molecule has 1 aromatic rings. The fourth-order valence-electron chi connectivity index (χ4n) is 2.52. The minimum absolute atomic E-state index is 0.0690. The van der Waals surface area contributed by atoms with E-state index in [-0.39, 0.29) is 31.1 Å². The van der Waals surface area contributed by atoms with E-state index in [1.54, 1.807) is 0 Å². The summed E-state index contributed by atoms with van der Waals surface area (Å²) in [6, 6.07) is 0. The molecular weight excluding hydrogens is 339 g/mol. The summed E-state index contributed by atoms with van der Waals surface area (Å²) in [6.45, 7) is 1.38. The first-order valence-corrected chi connectivity index (χ1v) is 7.27. The molecule has 1 amide bonds. The quantitative estimate of drug-likeness (QED) is 0.825. The lowest BCUT2D eigenvalue weighted by Crippen LogP contribution is -2.46. The van der Waals surface area contributed by atoms with Crippen molar-refractivity contribution in [1.82, 2.24) is 14.7 Å². The molecule has 1 aromatic heterocycles. The predicted molar refractivity (Wildman–Crippen MR) is 71.7 cm³/mol. The molecule has 1 saturated heterocycles. The van der Waals surface area contributed by atoms with Gasteiger partial charge < -0.3 is 14.8 Å². The van der Waals surface area contributed by atoms with Crippen LogP contribution in [-0.2, 0) is 17.5 Å². The molecule has 6 nitrogen and oxygen atoms in total. The summed E-state index contributed by atoms with van der Waals surface area (Å²) in [5.74, 6) is -0.707. The van der Waals surface area contributed by atoms with E-state index in [4.69, 9.17) is 11.6 Å². The summed E-state index contributed by atoms with van der Waals surface area (Å²) >= 11 is 5.63. The third kappa shape index (κ3) is 3.77. The Balaban J connectivity index is 2.06. The number of rotatable bonds is 3. The van der Waals surface area contributed by atoms with Crippen LogP contribution in [0.2, 0.25) is 5.02 Å². The maximum atomic E-state index is 12.7. The van der Waals surface area contributed by atoms with E-state index < -0.39 is 28.9 Å². The van der Waals surface area contributed by atoms with Gasteiger partial charge in [0.15, 0.2) is 11.5 Å². The Kier molecular flexibility index (Phi) is 4.88. The number of nitrogens with zero attached hydrogens (tertiary/aromatic N) is 3. The number of carbonyl (C=O) groups is 2. The first-order chi connectivity index (χ1) is 10.6. The number of halogens is 4. The van der Waals surface area contributed by atoms with Crippen LogP contribution in [-0.4, -0.2) is 39.6 Å². The number of hydrogen-bond donors (Lipinski definition) is 0. The smallest absolute Gasteiger partial charge is 0.436 e. The van der Waals surface area contributed by atoms with Gasteiger partial charge in [0, 0.05) is 19.0 Å². The number of likely N-dealkylation sites (tertiary alicyclic amines) is 1. The van der Waals surface area contributed by atoms with E-state index in [2.05, 4.69) is 5.10 Å². The highest BCUT2D eigenvalue weighted by Crippen LogP contribution is 2.35. The molecule has 128 valence electrons. The summed E-state index contributed by atoms with van der Waals surface area (Å²) in [5.41, 5.74) is -1.14. The second-order valence-corrected chi connectivity index (χ2v) is 5.77. The predicted octanol–water partition coefficient (Wildman–Crippen LogP) is 1.49. The lowest BCUT2D eigenvalue weighted by molar-refractivity contribution is -0.266. The van der Waals surface area contributed by atoms with Crippen molar-refractivity contribution in [2.45, 2.75) is 32.5 Å². The van der Waals surface area contributed by atoms with Crippen molar-refractivity contribution in [1.29, 1.82) is 0 Å². The SMILES string of the molecule is Cc1c(Cl)c(C(F)(F)F)nn1CC(=O)C1CCN(C(=O)[O-])CC1. The topological polar surface area (TPSA) is 78.3 Å². The molecule has 0 atom stereocenters. The van der Waals surface area contributed by atoms with Gasteiger partial charge in [-0.3, -0.25) is 9.48 Å². The summed E-state index contributed by atoms with van der Waals surface area (Å²) in [4.78, 5) is 24.0. The molecule has 23 heavy (non-hydrogen) atoms. The molecular formula is C13H14ClF3N3O3-. The molecule has 0 spiro atoms. The number of hydrogen-bond acceptors (Lipinski definition) is 4. The lowest BCUT2D eigenvalue weighted by Gasteiger charge is -2.33. The van der Waals surface area contributed by atoms with E-state index in [1.807, 2.05) is 0 Å². The number of ketones is 1. The number of piperidine rings is 1. The van der Waals surface area contributed by atoms with E-state index in [0.717, 1.165) is 9.58 Å². The number of carboxylic acid groups (broad SMARTS) is 1. The van der Waals surface area contributed by atoms with Gasteiger partial charge >= 0.3 is 6.18 Å². The third-order valence-corrected chi connectivity index (χ3v) is 4.37. The van der Waals surface area contributed by atoms with E-state index in [0.29, 0.717) is 12.8 Å². The highest BCUT2D eigenvalue weighted by Gasteiger charge is 2.38. The van der Waals surface area contributed by atoms with Gasteiger partial charge in [-0.05, 0) is 19.8 Å². The van der Waals surface area contributed by atoms with Crippen LogP contribution in [0, 0.1) is 12.8 Å². The van der Waals surface area contributed by atoms with Crippen LogP contribution in [0.15, 0.2) is 0 Å². The van der Waals surface area contributed by atoms with E-state index in [1.165, 1.54) is 6.92 Å². The zero-order valence-electron chi connectivity index (χ0n) is 12.2. The van der Waals surface area contributed by atoms with Crippen molar-refractivity contribution in [3.63, 3.8) is 0 Å². The Bertz CT molecular complexity index is 622. The molecule has 2 heterocycles. The molecule has 1 aliphatic rings. The number of Topliss-reactive ketones (excluding diaryl/α,β-unsaturated/α-hetero) is 1. The Morgan fingerprint density at radius 2 is 1.91 bits per heavy atom. The number of carbonyl (C=O) groups excluding carboxylic acids is 2. The normalized spacial score (nSPS) is 16.7. The monoisotopic (exact) mass is 352 g/mol. The maximum Gasteiger partial charge on any atom is 0.436 e. The Hall–Kier alpha value is -1.77. The van der Waals surface area contributed by atoms with Crippen molar-refractivity contribution in [2.75, 3.05) is 13.1 Å². The van der Waals surface area contributed by atoms with Gasteiger partial charge in [-0.1, -0.05) is 11.6 Å². The van der Waals surface area contributed by atoms with Crippen LogP contribution in [0.5, 0.6) is 0 Å². The fourth-order valence-corrected chi connectivity index (χ4v) is 2.76. The van der Waals surface area contributed by atoms with Gasteiger partial charge in [0.25, 0.3) is 0 Å². The van der Waals surface area contributed by atoms with E-state index in [9.17, 15) is 27.9 Å². The zero-order valence-corrected chi connectivity index (χ0v) is 12.9. The maximum absolute atomic E-state index is 12.7. The molecule has 0 saturated carbocycles. The summed E-state index contributed by atoms with van der Waals surface area (Å²) in [7, 11) is 0. The summed E-state index contributed by atoms with van der Waals surface area (Å²) in [6.07, 6.45) is -5.35. The average molecular weight is 353 g/mol. The minimum Gasteiger partial charge on any atom is -0.530 e. The Morgan fingerprint density at radius 3 is 2.35 bits per heavy atom. The highest BCUT2D eigenvalue weighted by atomic mass is 35.5. The molecule has 0 radical (unpaired) electrons. The van der Waals surface area contributed by atoms with Gasteiger partial charge in [-0.2, -0.15) is 18.3 Å². The van der Waals surface area contributed by atoms with Gasteiger partial charge in [-0.15, -0.1) is 0 Å². The van der Waals surface area contributed by atoms with Crippen LogP contribution < -0.4 is 5.11 Å². The summed E-state index contributed by atoms with van der Waals surface area (Å²) in [5, 5.41) is 13.6. The summed E-state index contributed by atoms with van der Waals surface area (Å²) < 4.78 is 39.2. The molecule has 0 aliphatic carbocycles. The average Bonchev–Trinajstić information content (AvgIpc) is 2.75. The van der Waals surface area contributed by atoms with Crippen molar-refractivity contribution in [2.24, 2.45) is 5.92 Å². The molecule has 1 aliphatic heterocycles. The zero-order chi connectivity index (χ0) is 17.4. The number of alkyl halides is 3.